The monoisotopic (exact) mass is 634 g/mol. The van der Waals surface area contributed by atoms with Gasteiger partial charge in [0.05, 0.1) is 5.69 Å². The van der Waals surface area contributed by atoms with Crippen molar-refractivity contribution in [3.63, 3.8) is 0 Å². The number of hydrogen-bond donors (Lipinski definition) is 0. The summed E-state index contributed by atoms with van der Waals surface area (Å²) in [6, 6.07) is 42.8. The zero-order valence-electron chi connectivity index (χ0n) is 27.0. The molecule has 1 aliphatic rings. The molecule has 3 aromatic heterocycles. The lowest BCUT2D eigenvalue weighted by Crippen LogP contribution is -2.35. The molecule has 0 spiro atoms. The predicted octanol–water partition coefficient (Wildman–Crippen LogP) is 10.4. The van der Waals surface area contributed by atoms with Crippen molar-refractivity contribution in [1.29, 1.82) is 0 Å². The first-order chi connectivity index (χ1) is 24.2. The molecule has 236 valence electrons. The van der Waals surface area contributed by atoms with Crippen molar-refractivity contribution >= 4 is 11.6 Å². The van der Waals surface area contributed by atoms with Crippen LogP contribution in [0.2, 0.25) is 0 Å². The third kappa shape index (κ3) is 6.27. The summed E-state index contributed by atoms with van der Waals surface area (Å²) >= 11 is 0. The molecule has 0 atom stereocenters. The molecule has 7 aromatic rings. The van der Waals surface area contributed by atoms with Gasteiger partial charge in [-0.15, -0.1) is 0 Å². The van der Waals surface area contributed by atoms with Crippen molar-refractivity contribution in [3.05, 3.63) is 159 Å². The number of piperidine rings is 1. The van der Waals surface area contributed by atoms with Gasteiger partial charge in [0.15, 0.2) is 0 Å². The number of aromatic nitrogens is 3. The Morgan fingerprint density at radius 1 is 0.388 bits per heavy atom. The first kappa shape index (κ1) is 30.2. The molecule has 1 saturated heterocycles. The van der Waals surface area contributed by atoms with E-state index in [1.165, 1.54) is 0 Å². The molecule has 0 radical (unpaired) electrons. The minimum atomic E-state index is 0.175. The highest BCUT2D eigenvalue weighted by atomic mass is 16.2. The standard InChI is InChI=1S/C44H34N4O/c49-44-3-1-2-28-48(44)43-30-41(38-12-6-32(7-13-38)35-18-24-46-25-19-35)40(37-10-4-31(5-11-37)34-16-22-45-23-17-34)29-42(43)39-14-8-33(9-15-39)36-20-26-47-27-21-36/h4-27,29-30H,1-3,28H2. The molecule has 1 fully saturated rings. The van der Waals surface area contributed by atoms with Gasteiger partial charge in [-0.25, -0.2) is 0 Å². The van der Waals surface area contributed by atoms with E-state index >= 15 is 0 Å². The van der Waals surface area contributed by atoms with Gasteiger partial charge < -0.3 is 4.90 Å². The van der Waals surface area contributed by atoms with Crippen molar-refractivity contribution in [2.45, 2.75) is 19.3 Å². The van der Waals surface area contributed by atoms with Crippen LogP contribution >= 0.6 is 0 Å². The summed E-state index contributed by atoms with van der Waals surface area (Å²) < 4.78 is 0. The lowest BCUT2D eigenvalue weighted by Gasteiger charge is -2.30. The second-order valence-electron chi connectivity index (χ2n) is 12.4. The van der Waals surface area contributed by atoms with Crippen molar-refractivity contribution in [1.82, 2.24) is 15.0 Å². The van der Waals surface area contributed by atoms with E-state index < -0.39 is 0 Å². The summed E-state index contributed by atoms with van der Waals surface area (Å²) in [5, 5.41) is 0. The molecule has 0 aliphatic carbocycles. The number of pyridine rings is 3. The summed E-state index contributed by atoms with van der Waals surface area (Å²) in [7, 11) is 0. The number of nitrogens with zero attached hydrogens (tertiary/aromatic N) is 4. The van der Waals surface area contributed by atoms with Crippen LogP contribution in [0.5, 0.6) is 0 Å². The Labute approximate surface area is 286 Å². The average molecular weight is 635 g/mol. The maximum Gasteiger partial charge on any atom is 0.226 e. The quantitative estimate of drug-likeness (QED) is 0.175. The van der Waals surface area contributed by atoms with Crippen molar-refractivity contribution < 1.29 is 4.79 Å². The van der Waals surface area contributed by atoms with E-state index in [0.29, 0.717) is 13.0 Å². The van der Waals surface area contributed by atoms with Crippen LogP contribution in [0.1, 0.15) is 19.3 Å². The lowest BCUT2D eigenvalue weighted by molar-refractivity contribution is -0.119. The van der Waals surface area contributed by atoms with Crippen LogP contribution in [0.15, 0.2) is 159 Å². The van der Waals surface area contributed by atoms with Crippen molar-refractivity contribution in [2.75, 3.05) is 11.4 Å². The van der Waals surface area contributed by atoms with Crippen LogP contribution in [0.3, 0.4) is 0 Å². The summed E-state index contributed by atoms with van der Waals surface area (Å²) in [6.45, 7) is 0.710. The number of carbonyl (C=O) groups excluding carboxylic acids is 1. The number of carbonyl (C=O) groups is 1. The Morgan fingerprint density at radius 3 is 1.14 bits per heavy atom. The van der Waals surface area contributed by atoms with Crippen LogP contribution in [0, 0.1) is 0 Å². The van der Waals surface area contributed by atoms with Gasteiger partial charge in [-0.2, -0.15) is 0 Å². The number of benzene rings is 4. The summed E-state index contributed by atoms with van der Waals surface area (Å²) in [5.74, 6) is 0.175. The third-order valence-electron chi connectivity index (χ3n) is 9.38. The van der Waals surface area contributed by atoms with Gasteiger partial charge in [0.1, 0.15) is 0 Å². The topological polar surface area (TPSA) is 59.0 Å². The van der Waals surface area contributed by atoms with Crippen LogP contribution in [-0.4, -0.2) is 27.4 Å². The minimum absolute atomic E-state index is 0.175. The minimum Gasteiger partial charge on any atom is -0.312 e. The van der Waals surface area contributed by atoms with Crippen molar-refractivity contribution in [2.24, 2.45) is 0 Å². The maximum atomic E-state index is 13.5. The molecule has 0 saturated carbocycles. The van der Waals surface area contributed by atoms with Gasteiger partial charge in [-0.1, -0.05) is 72.8 Å². The smallest absolute Gasteiger partial charge is 0.226 e. The molecule has 0 unspecified atom stereocenters. The number of anilines is 1. The van der Waals surface area contributed by atoms with E-state index in [9.17, 15) is 4.79 Å². The Kier molecular flexibility index (Phi) is 8.31. The maximum absolute atomic E-state index is 13.5. The fraction of sp³-hybridized carbons (Fsp3) is 0.0909. The van der Waals surface area contributed by atoms with Gasteiger partial charge in [-0.3, -0.25) is 19.7 Å². The highest BCUT2D eigenvalue weighted by molar-refractivity contribution is 6.02. The fourth-order valence-electron chi connectivity index (χ4n) is 6.74. The average Bonchev–Trinajstić information content (AvgIpc) is 3.19. The Hall–Kier alpha value is -6.20. The van der Waals surface area contributed by atoms with Gasteiger partial charge in [-0.05, 0) is 123 Å². The highest BCUT2D eigenvalue weighted by Crippen LogP contribution is 2.44. The van der Waals surface area contributed by atoms with Crippen LogP contribution < -0.4 is 4.90 Å². The largest absolute Gasteiger partial charge is 0.312 e. The lowest BCUT2D eigenvalue weighted by atomic mass is 9.87. The van der Waals surface area contributed by atoms with Gasteiger partial charge in [0.25, 0.3) is 0 Å². The second-order valence-corrected chi connectivity index (χ2v) is 12.4. The van der Waals surface area contributed by atoms with Gasteiger partial charge in [0.2, 0.25) is 5.91 Å². The summed E-state index contributed by atoms with van der Waals surface area (Å²) in [5.41, 5.74) is 14.2. The van der Waals surface area contributed by atoms with Gasteiger partial charge in [0, 0.05) is 55.7 Å². The molecular weight excluding hydrogens is 601 g/mol. The van der Waals surface area contributed by atoms with E-state index in [2.05, 4.69) is 99.9 Å². The first-order valence-electron chi connectivity index (χ1n) is 16.7. The van der Waals surface area contributed by atoms with Gasteiger partial charge >= 0.3 is 0 Å². The Bertz CT molecular complexity index is 2200. The fourth-order valence-corrected chi connectivity index (χ4v) is 6.74. The van der Waals surface area contributed by atoms with E-state index in [1.807, 2.05) is 78.5 Å². The van der Waals surface area contributed by atoms with Crippen LogP contribution in [-0.2, 0) is 4.79 Å². The normalized spacial score (nSPS) is 13.0. The highest BCUT2D eigenvalue weighted by Gasteiger charge is 2.25. The second kappa shape index (κ2) is 13.5. The SMILES string of the molecule is O=C1CCCCN1c1cc(-c2ccc(-c3ccncc3)cc2)c(-c2ccc(-c3ccncc3)cc2)cc1-c1ccc(-c2ccncc2)cc1. The van der Waals surface area contributed by atoms with E-state index in [4.69, 9.17) is 0 Å². The van der Waals surface area contributed by atoms with E-state index in [1.54, 1.807) is 0 Å². The zero-order valence-corrected chi connectivity index (χ0v) is 27.0. The molecule has 49 heavy (non-hydrogen) atoms. The molecule has 4 heterocycles. The first-order valence-corrected chi connectivity index (χ1v) is 16.7. The van der Waals surface area contributed by atoms with Crippen molar-refractivity contribution in [3.8, 4) is 66.8 Å². The van der Waals surface area contributed by atoms with Crippen LogP contribution in [0.4, 0.5) is 5.69 Å². The number of hydrogen-bond acceptors (Lipinski definition) is 4. The molecular formula is C44H34N4O. The zero-order chi connectivity index (χ0) is 33.0. The summed E-state index contributed by atoms with van der Waals surface area (Å²) in [4.78, 5) is 28.1. The summed E-state index contributed by atoms with van der Waals surface area (Å²) in [6.07, 6.45) is 13.4. The number of rotatable bonds is 7. The Morgan fingerprint density at radius 2 is 0.735 bits per heavy atom. The predicted molar refractivity (Wildman–Crippen MR) is 199 cm³/mol. The van der Waals surface area contributed by atoms with E-state index in [-0.39, 0.29) is 5.91 Å². The van der Waals surface area contributed by atoms with Crippen LogP contribution in [0.25, 0.3) is 66.8 Å². The molecule has 1 aliphatic heterocycles. The molecule has 4 aromatic carbocycles. The molecule has 8 rings (SSSR count). The number of amides is 1. The van der Waals surface area contributed by atoms with E-state index in [0.717, 1.165) is 85.3 Å². The Balaban J connectivity index is 1.30. The molecule has 5 heteroatoms. The molecule has 1 amide bonds. The molecule has 0 N–H and O–H groups in total. The molecule has 0 bridgehead atoms. The molecule has 5 nitrogen and oxygen atoms in total. The third-order valence-corrected chi connectivity index (χ3v) is 9.38.